The molecule has 4 aromatic carbocycles. The van der Waals surface area contributed by atoms with Crippen molar-refractivity contribution in [1.29, 1.82) is 0 Å². The zero-order valence-electron chi connectivity index (χ0n) is 22.0. The molecule has 0 aliphatic rings. The highest BCUT2D eigenvalue weighted by Gasteiger charge is 2.26. The van der Waals surface area contributed by atoms with Gasteiger partial charge in [-0.15, -0.1) is 5.10 Å². The van der Waals surface area contributed by atoms with Gasteiger partial charge in [0.15, 0.2) is 11.6 Å². The maximum atomic E-state index is 13.8. The van der Waals surface area contributed by atoms with Crippen molar-refractivity contribution in [2.75, 3.05) is 0 Å². The van der Waals surface area contributed by atoms with Gasteiger partial charge in [0.2, 0.25) is 0 Å². The summed E-state index contributed by atoms with van der Waals surface area (Å²) < 4.78 is 13.7. The molecule has 0 saturated carbocycles. The minimum absolute atomic E-state index is 0.0423. The van der Waals surface area contributed by atoms with Gasteiger partial charge in [-0.3, -0.25) is 9.59 Å². The molecule has 0 amide bonds. The second kappa shape index (κ2) is 11.4. The third kappa shape index (κ3) is 5.30. The van der Waals surface area contributed by atoms with Crippen LogP contribution in [0.1, 0.15) is 43.3 Å². The molecule has 0 N–H and O–H groups in total. The highest BCUT2D eigenvalue weighted by Crippen LogP contribution is 2.38. The first-order valence-corrected chi connectivity index (χ1v) is 13.9. The van der Waals surface area contributed by atoms with Gasteiger partial charge in [0.25, 0.3) is 0 Å². The number of ketones is 2. The first-order valence-electron chi connectivity index (χ1n) is 12.8. The molecule has 0 atom stereocenters. The first kappa shape index (κ1) is 27.7. The number of ether oxygens (including phenoxy) is 1. The first-order chi connectivity index (χ1) is 20.3. The summed E-state index contributed by atoms with van der Waals surface area (Å²) in [4.78, 5) is 27.5. The van der Waals surface area contributed by atoms with Gasteiger partial charge < -0.3 is 9.15 Å². The summed E-state index contributed by atoms with van der Waals surface area (Å²) in [5, 5.41) is 9.81. The number of benzene rings is 4. The lowest BCUT2D eigenvalue weighted by Gasteiger charge is -2.14. The fraction of sp³-hybridized carbons (Fsp3) is 0.0625. The van der Waals surface area contributed by atoms with Crippen LogP contribution in [0.5, 0.6) is 5.75 Å². The van der Waals surface area contributed by atoms with E-state index in [-0.39, 0.29) is 35.0 Å². The van der Waals surface area contributed by atoms with Crippen molar-refractivity contribution < 1.29 is 18.7 Å². The third-order valence-electron chi connectivity index (χ3n) is 6.58. The van der Waals surface area contributed by atoms with Crippen LogP contribution < -0.4 is 4.74 Å². The monoisotopic (exact) mass is 615 g/mol. The largest absolute Gasteiger partial charge is 0.486 e. The van der Waals surface area contributed by atoms with Crippen LogP contribution in [0.4, 0.5) is 0 Å². The van der Waals surface area contributed by atoms with E-state index in [1.165, 1.54) is 16.8 Å². The van der Waals surface area contributed by atoms with Crippen LogP contribution in [0, 0.1) is 6.92 Å². The maximum absolute atomic E-state index is 13.8. The molecule has 0 spiro atoms. The summed E-state index contributed by atoms with van der Waals surface area (Å²) in [7, 11) is 0. The van der Waals surface area contributed by atoms with Gasteiger partial charge in [0.05, 0.1) is 43.5 Å². The van der Waals surface area contributed by atoms with Crippen molar-refractivity contribution in [3.8, 4) is 11.4 Å². The van der Waals surface area contributed by atoms with Gasteiger partial charge in [-0.1, -0.05) is 101 Å². The number of aromatic nitrogens is 3. The van der Waals surface area contributed by atoms with Crippen molar-refractivity contribution in [3.63, 3.8) is 0 Å². The number of fused-ring (bicyclic) bond motifs is 1. The summed E-state index contributed by atoms with van der Waals surface area (Å²) in [6.45, 7) is 1.73. The van der Waals surface area contributed by atoms with Crippen LogP contribution in [0.3, 0.4) is 0 Å². The Morgan fingerprint density at radius 1 is 0.810 bits per heavy atom. The van der Waals surface area contributed by atoms with E-state index in [0.717, 1.165) is 0 Å². The molecule has 2 aromatic heterocycles. The summed E-state index contributed by atoms with van der Waals surface area (Å²) >= 11 is 18.6. The SMILES string of the molecule is Cc1cc2c(OCc3cn(-c4cc(Cl)c(Cl)cc4Cl)nn3)c(C(=O)c3ccccc3)cc(C(=O)c3ccccc3)c2o1. The summed E-state index contributed by atoms with van der Waals surface area (Å²) in [5.74, 6) is 0.244. The third-order valence-corrected chi connectivity index (χ3v) is 7.61. The van der Waals surface area contributed by atoms with Crippen molar-refractivity contribution >= 4 is 57.3 Å². The summed E-state index contributed by atoms with van der Waals surface area (Å²) in [6.07, 6.45) is 1.63. The van der Waals surface area contributed by atoms with Crippen LogP contribution in [-0.2, 0) is 6.61 Å². The Kier molecular flexibility index (Phi) is 7.56. The van der Waals surface area contributed by atoms with Crippen molar-refractivity contribution in [2.24, 2.45) is 0 Å². The van der Waals surface area contributed by atoms with E-state index in [0.29, 0.717) is 54.3 Å². The molecular weight excluding hydrogens is 597 g/mol. The molecule has 0 radical (unpaired) electrons. The number of carbonyl (C=O) groups excluding carboxylic acids is 2. The molecule has 208 valence electrons. The van der Waals surface area contributed by atoms with Crippen LogP contribution in [0.2, 0.25) is 15.1 Å². The molecular formula is C32H20Cl3N3O4. The predicted molar refractivity (Wildman–Crippen MR) is 161 cm³/mol. The second-order valence-corrected chi connectivity index (χ2v) is 10.7. The van der Waals surface area contributed by atoms with E-state index in [2.05, 4.69) is 10.3 Å². The zero-order chi connectivity index (χ0) is 29.4. The lowest BCUT2D eigenvalue weighted by molar-refractivity contribution is 0.103. The molecule has 0 saturated heterocycles. The Balaban J connectivity index is 1.43. The summed E-state index contributed by atoms with van der Waals surface area (Å²) in [5.41, 5.74) is 2.66. The quantitative estimate of drug-likeness (QED) is 0.126. The lowest BCUT2D eigenvalue weighted by Crippen LogP contribution is -2.10. The minimum Gasteiger partial charge on any atom is -0.486 e. The molecule has 7 nitrogen and oxygen atoms in total. The van der Waals surface area contributed by atoms with Crippen LogP contribution in [0.25, 0.3) is 16.7 Å². The molecule has 0 unspecified atom stereocenters. The van der Waals surface area contributed by atoms with Gasteiger partial charge in [-0.05, 0) is 31.2 Å². The Hall–Kier alpha value is -4.43. The van der Waals surface area contributed by atoms with E-state index >= 15 is 0 Å². The predicted octanol–water partition coefficient (Wildman–Crippen LogP) is 8.32. The van der Waals surface area contributed by atoms with E-state index in [9.17, 15) is 9.59 Å². The van der Waals surface area contributed by atoms with Crippen LogP contribution in [0.15, 0.2) is 95.5 Å². The van der Waals surface area contributed by atoms with Crippen molar-refractivity contribution in [3.05, 3.63) is 140 Å². The number of hydrogen-bond acceptors (Lipinski definition) is 6. The molecule has 0 aliphatic carbocycles. The molecule has 6 aromatic rings. The van der Waals surface area contributed by atoms with Gasteiger partial charge in [0.1, 0.15) is 29.4 Å². The van der Waals surface area contributed by atoms with E-state index in [1.54, 1.807) is 73.8 Å². The maximum Gasteiger partial charge on any atom is 0.196 e. The number of hydrogen-bond donors (Lipinski definition) is 0. The van der Waals surface area contributed by atoms with Crippen molar-refractivity contribution in [2.45, 2.75) is 13.5 Å². The van der Waals surface area contributed by atoms with Crippen molar-refractivity contribution in [1.82, 2.24) is 15.0 Å². The Labute approximate surface area is 255 Å². The summed E-state index contributed by atoms with van der Waals surface area (Å²) in [6, 6.07) is 24.0. The molecule has 2 heterocycles. The van der Waals surface area contributed by atoms with Gasteiger partial charge in [0, 0.05) is 11.1 Å². The van der Waals surface area contributed by atoms with Gasteiger partial charge in [-0.2, -0.15) is 0 Å². The molecule has 10 heteroatoms. The lowest BCUT2D eigenvalue weighted by atomic mass is 9.94. The average Bonchev–Trinajstić information content (AvgIpc) is 3.64. The smallest absolute Gasteiger partial charge is 0.196 e. The Morgan fingerprint density at radius 3 is 2.10 bits per heavy atom. The number of rotatable bonds is 8. The molecule has 6 rings (SSSR count). The number of halogens is 3. The van der Waals surface area contributed by atoms with E-state index in [1.807, 2.05) is 12.1 Å². The molecule has 0 aliphatic heterocycles. The Bertz CT molecular complexity index is 1970. The standard InChI is InChI=1S/C32H20Cl3N3O4/c1-18-12-24-31(41-17-21-16-38(37-36-21)28-15-26(34)25(33)14-27(28)35)22(29(39)19-8-4-2-5-9-19)13-23(32(24)42-18)30(40)20-10-6-3-7-11-20/h2-16H,17H2,1H3. The minimum atomic E-state index is -0.306. The van der Waals surface area contributed by atoms with Gasteiger partial charge in [-0.25, -0.2) is 4.68 Å². The highest BCUT2D eigenvalue weighted by molar-refractivity contribution is 6.43. The Morgan fingerprint density at radius 2 is 1.43 bits per heavy atom. The topological polar surface area (TPSA) is 87.2 Å². The molecule has 0 fully saturated rings. The second-order valence-electron chi connectivity index (χ2n) is 9.45. The fourth-order valence-corrected chi connectivity index (χ4v) is 5.23. The van der Waals surface area contributed by atoms with Crippen LogP contribution in [-0.4, -0.2) is 26.6 Å². The highest BCUT2D eigenvalue weighted by atomic mass is 35.5. The van der Waals surface area contributed by atoms with E-state index < -0.39 is 0 Å². The zero-order valence-corrected chi connectivity index (χ0v) is 24.2. The number of nitrogens with zero attached hydrogens (tertiary/aromatic N) is 3. The average molecular weight is 617 g/mol. The van der Waals surface area contributed by atoms with Gasteiger partial charge >= 0.3 is 0 Å². The number of aryl methyl sites for hydroxylation is 1. The number of furan rings is 1. The van der Waals surface area contributed by atoms with Crippen LogP contribution >= 0.6 is 34.8 Å². The molecule has 42 heavy (non-hydrogen) atoms. The fourth-order valence-electron chi connectivity index (χ4n) is 4.60. The van der Waals surface area contributed by atoms with E-state index in [4.69, 9.17) is 44.0 Å². The molecule has 0 bridgehead atoms. The normalized spacial score (nSPS) is 11.1. The number of carbonyl (C=O) groups is 2.